The highest BCUT2D eigenvalue weighted by Gasteiger charge is 2.17. The van der Waals surface area contributed by atoms with E-state index in [1.807, 2.05) is 0 Å². The molecule has 0 atom stereocenters. The Bertz CT molecular complexity index is 1180. The molecule has 1 heterocycles. The highest BCUT2D eigenvalue weighted by molar-refractivity contribution is 7.89. The summed E-state index contributed by atoms with van der Waals surface area (Å²) in [6.45, 7) is -0.230. The molecular weight excluding hydrogens is 469 g/mol. The van der Waals surface area contributed by atoms with Gasteiger partial charge in [-0.1, -0.05) is 0 Å². The van der Waals surface area contributed by atoms with Crippen molar-refractivity contribution in [2.75, 3.05) is 6.54 Å². The Morgan fingerprint density at radius 3 is 2.50 bits per heavy atom. The van der Waals surface area contributed by atoms with Gasteiger partial charge in [-0.05, 0) is 42.5 Å². The van der Waals surface area contributed by atoms with Crippen LogP contribution in [0.3, 0.4) is 0 Å². The third-order valence-corrected chi connectivity index (χ3v) is 6.31. The number of halogens is 3. The van der Waals surface area contributed by atoms with Gasteiger partial charge in [0.15, 0.2) is 11.6 Å². The van der Waals surface area contributed by atoms with Crippen LogP contribution >= 0.6 is 11.3 Å². The maximum absolute atomic E-state index is 13.2. The maximum Gasteiger partial charge on any atom is 0.307 e. The van der Waals surface area contributed by atoms with Crippen molar-refractivity contribution in [2.45, 2.75) is 24.5 Å². The van der Waals surface area contributed by atoms with Gasteiger partial charge >= 0.3 is 5.97 Å². The summed E-state index contributed by atoms with van der Waals surface area (Å²) in [4.78, 5) is 15.6. The molecule has 0 aliphatic carbocycles. The van der Waals surface area contributed by atoms with Crippen LogP contribution in [0.5, 0.6) is 5.75 Å². The summed E-state index contributed by atoms with van der Waals surface area (Å²) in [5.41, 5.74) is 0.489. The number of carbonyl (C=O) groups is 1. The molecule has 0 fully saturated rings. The zero-order valence-corrected chi connectivity index (χ0v) is 18.0. The normalized spacial score (nSPS) is 11.3. The van der Waals surface area contributed by atoms with Gasteiger partial charge in [0.25, 0.3) is 0 Å². The maximum atomic E-state index is 13.2. The van der Waals surface area contributed by atoms with Crippen molar-refractivity contribution in [3.8, 4) is 5.75 Å². The lowest BCUT2D eigenvalue weighted by Gasteiger charge is -2.07. The van der Waals surface area contributed by atoms with Gasteiger partial charge in [0.2, 0.25) is 10.0 Å². The summed E-state index contributed by atoms with van der Waals surface area (Å²) in [7, 11) is -4.10. The molecule has 0 amide bonds. The van der Waals surface area contributed by atoms with Crippen LogP contribution in [-0.2, 0) is 32.8 Å². The average Bonchev–Trinajstić information content (AvgIpc) is 3.21. The molecule has 1 N–H and O–H groups in total. The van der Waals surface area contributed by atoms with Crippen LogP contribution in [0.1, 0.15) is 17.1 Å². The van der Waals surface area contributed by atoms with E-state index in [0.29, 0.717) is 28.6 Å². The number of hydrogen-bond acceptors (Lipinski definition) is 7. The molecule has 0 saturated heterocycles. The van der Waals surface area contributed by atoms with Crippen LogP contribution in [-0.4, -0.2) is 25.9 Å². The highest BCUT2D eigenvalue weighted by Crippen LogP contribution is 2.17. The van der Waals surface area contributed by atoms with E-state index < -0.39 is 32.5 Å². The molecule has 0 aliphatic rings. The number of thiazole rings is 1. The van der Waals surface area contributed by atoms with E-state index in [-0.39, 0.29) is 32.0 Å². The van der Waals surface area contributed by atoms with E-state index in [4.69, 9.17) is 9.47 Å². The van der Waals surface area contributed by atoms with E-state index in [0.717, 1.165) is 6.07 Å². The molecule has 7 nitrogen and oxygen atoms in total. The fraction of sp³-hybridized carbons (Fsp3) is 0.200. The second-order valence-electron chi connectivity index (χ2n) is 6.36. The van der Waals surface area contributed by atoms with Gasteiger partial charge in [-0.2, -0.15) is 0 Å². The Morgan fingerprint density at radius 1 is 1.03 bits per heavy atom. The lowest BCUT2D eigenvalue weighted by Crippen LogP contribution is -2.27. The van der Waals surface area contributed by atoms with Gasteiger partial charge in [-0.25, -0.2) is 31.3 Å². The Morgan fingerprint density at radius 2 is 1.78 bits per heavy atom. The Kier molecular flexibility index (Phi) is 7.83. The summed E-state index contributed by atoms with van der Waals surface area (Å²) in [5, 5.41) is 2.31. The first-order valence-electron chi connectivity index (χ1n) is 9.15. The smallest absolute Gasteiger partial charge is 0.307 e. The molecule has 1 aromatic heterocycles. The number of rotatable bonds is 10. The predicted molar refractivity (Wildman–Crippen MR) is 109 cm³/mol. The second kappa shape index (κ2) is 10.6. The Hall–Kier alpha value is -2.96. The zero-order chi connectivity index (χ0) is 23.1. The Balaban J connectivity index is 1.40. The number of nitrogens with zero attached hydrogens (tertiary/aromatic N) is 1. The van der Waals surface area contributed by atoms with Gasteiger partial charge in [0.1, 0.15) is 29.8 Å². The molecule has 3 aromatic rings. The van der Waals surface area contributed by atoms with E-state index in [1.165, 1.54) is 35.6 Å². The molecular formula is C20H17F3N2O5S2. The van der Waals surface area contributed by atoms with Gasteiger partial charge in [0, 0.05) is 11.9 Å². The summed E-state index contributed by atoms with van der Waals surface area (Å²) in [6, 6.07) is 7.71. The first kappa shape index (κ1) is 23.7. The minimum absolute atomic E-state index is 0.109. The van der Waals surface area contributed by atoms with Crippen molar-refractivity contribution in [1.82, 2.24) is 9.71 Å². The number of aromatic nitrogens is 1. The van der Waals surface area contributed by atoms with E-state index in [9.17, 15) is 26.4 Å². The van der Waals surface area contributed by atoms with Crippen molar-refractivity contribution < 1.29 is 35.9 Å². The lowest BCUT2D eigenvalue weighted by atomic mass is 10.3. The zero-order valence-electron chi connectivity index (χ0n) is 16.4. The van der Waals surface area contributed by atoms with Crippen LogP contribution < -0.4 is 9.46 Å². The number of hydrogen-bond donors (Lipinski definition) is 1. The summed E-state index contributed by atoms with van der Waals surface area (Å²) < 4.78 is 75.8. The van der Waals surface area contributed by atoms with E-state index in [2.05, 4.69) is 9.71 Å². The molecule has 12 heteroatoms. The van der Waals surface area contributed by atoms with Crippen LogP contribution in [0.15, 0.2) is 52.7 Å². The van der Waals surface area contributed by atoms with Crippen molar-refractivity contribution >= 4 is 27.3 Å². The molecule has 3 rings (SSSR count). The highest BCUT2D eigenvalue weighted by atomic mass is 32.2. The molecule has 0 aliphatic heterocycles. The average molecular weight is 486 g/mol. The van der Waals surface area contributed by atoms with Gasteiger partial charge < -0.3 is 9.47 Å². The number of esters is 1. The SMILES string of the molecule is O=C(CCNS(=O)(=O)c1ccc(F)c(F)c1)OCc1csc(COc2ccc(F)cc2)n1. The van der Waals surface area contributed by atoms with Crippen molar-refractivity contribution in [1.29, 1.82) is 0 Å². The number of ether oxygens (including phenoxy) is 2. The first-order valence-corrected chi connectivity index (χ1v) is 11.5. The summed E-state index contributed by atoms with van der Waals surface area (Å²) in [6.07, 6.45) is -0.270. The topological polar surface area (TPSA) is 94.6 Å². The third kappa shape index (κ3) is 6.77. The molecule has 0 spiro atoms. The fourth-order valence-corrected chi connectivity index (χ4v) is 4.13. The minimum Gasteiger partial charge on any atom is -0.486 e. The van der Waals surface area contributed by atoms with Crippen LogP contribution in [0, 0.1) is 17.5 Å². The number of nitrogens with one attached hydrogen (secondary N) is 1. The first-order chi connectivity index (χ1) is 15.2. The molecule has 170 valence electrons. The van der Waals surface area contributed by atoms with Crippen molar-refractivity contribution in [2.24, 2.45) is 0 Å². The lowest BCUT2D eigenvalue weighted by molar-refractivity contribution is -0.144. The van der Waals surface area contributed by atoms with Crippen LogP contribution in [0.2, 0.25) is 0 Å². The molecule has 0 saturated carbocycles. The number of sulfonamides is 1. The third-order valence-electron chi connectivity index (χ3n) is 3.98. The molecule has 2 aromatic carbocycles. The quantitative estimate of drug-likeness (QED) is 0.441. The fourth-order valence-electron chi connectivity index (χ4n) is 2.40. The number of carbonyl (C=O) groups excluding carboxylic acids is 1. The second-order valence-corrected chi connectivity index (χ2v) is 9.07. The van der Waals surface area contributed by atoms with Crippen LogP contribution in [0.25, 0.3) is 0 Å². The predicted octanol–water partition coefficient (Wildman–Crippen LogP) is 3.55. The monoisotopic (exact) mass is 486 g/mol. The van der Waals surface area contributed by atoms with Crippen LogP contribution in [0.4, 0.5) is 13.2 Å². The summed E-state index contributed by atoms with van der Waals surface area (Å²) >= 11 is 1.29. The molecule has 0 radical (unpaired) electrons. The summed E-state index contributed by atoms with van der Waals surface area (Å²) in [5.74, 6) is -3.01. The standard InChI is InChI=1S/C20H17F3N2O5S2/c21-13-1-3-15(4-2-13)29-11-19-25-14(12-31-19)10-30-20(26)7-8-24-32(27,28)16-5-6-17(22)18(23)9-16/h1-6,9,12,24H,7-8,10-11H2. The molecule has 0 bridgehead atoms. The van der Waals surface area contributed by atoms with Gasteiger partial charge in [-0.3, -0.25) is 4.79 Å². The van der Waals surface area contributed by atoms with Crippen molar-refractivity contribution in [3.05, 3.63) is 76.0 Å². The minimum atomic E-state index is -4.10. The Labute approximate surface area is 185 Å². The van der Waals surface area contributed by atoms with E-state index in [1.54, 1.807) is 5.38 Å². The largest absolute Gasteiger partial charge is 0.486 e. The van der Waals surface area contributed by atoms with E-state index >= 15 is 0 Å². The molecule has 32 heavy (non-hydrogen) atoms. The van der Waals surface area contributed by atoms with Crippen molar-refractivity contribution in [3.63, 3.8) is 0 Å². The number of benzene rings is 2. The molecule has 0 unspecified atom stereocenters. The van der Waals surface area contributed by atoms with Gasteiger partial charge in [-0.15, -0.1) is 11.3 Å². The van der Waals surface area contributed by atoms with Gasteiger partial charge in [0.05, 0.1) is 17.0 Å².